The van der Waals surface area contributed by atoms with Gasteiger partial charge in [-0.2, -0.15) is 16.8 Å². The van der Waals surface area contributed by atoms with Crippen molar-refractivity contribution in [2.45, 2.75) is 0 Å². The summed E-state index contributed by atoms with van der Waals surface area (Å²) >= 11 is 0. The van der Waals surface area contributed by atoms with Crippen LogP contribution in [-0.4, -0.2) is 98.4 Å². The van der Waals surface area contributed by atoms with E-state index in [1.165, 1.54) is 0 Å². The minimum atomic E-state index is -5.17. The molecule has 0 bridgehead atoms. The van der Waals surface area contributed by atoms with Gasteiger partial charge in [0.25, 0.3) is 0 Å². The second-order valence-corrected chi connectivity index (χ2v) is 5.14. The van der Waals surface area contributed by atoms with Crippen molar-refractivity contribution < 1.29 is 121 Å². The molecule has 16 nitrogen and oxygen atoms in total. The fourth-order valence-corrected chi connectivity index (χ4v) is 0. The van der Waals surface area contributed by atoms with Crippen molar-refractivity contribution in [2.24, 2.45) is 0 Å². The molecule has 0 aliphatic carbocycles. The topological polar surface area (TPSA) is 310 Å². The van der Waals surface area contributed by atoms with Gasteiger partial charge in [0.1, 0.15) is 0 Å². The Morgan fingerprint density at radius 3 is 0.522 bits per heavy atom. The molecule has 0 aromatic carbocycles. The van der Waals surface area contributed by atoms with E-state index in [0.29, 0.717) is 0 Å². The van der Waals surface area contributed by atoms with Gasteiger partial charge in [0.15, 0.2) is 0 Å². The second-order valence-electron chi connectivity index (χ2n) is 1.71. The van der Waals surface area contributed by atoms with E-state index >= 15 is 0 Å². The molecule has 0 rings (SSSR count). The molecule has 0 aliphatic rings. The maximum atomic E-state index is 8.74. The fraction of sp³-hybridized carbons (Fsp3) is 0. The fourth-order valence-electron chi connectivity index (χ4n) is 0. The molecule has 0 radical (unpaired) electrons. The van der Waals surface area contributed by atoms with Crippen molar-refractivity contribution in [2.75, 3.05) is 0 Å². The van der Waals surface area contributed by atoms with Crippen molar-refractivity contribution in [3.63, 3.8) is 0 Å². The van der Waals surface area contributed by atoms with Crippen LogP contribution in [0.25, 0.3) is 0 Å². The van der Waals surface area contributed by atoms with Crippen LogP contribution in [-0.2, 0) is 41.6 Å². The summed E-state index contributed by atoms with van der Waals surface area (Å²) < 4.78 is 131. The van der Waals surface area contributed by atoms with E-state index in [0.717, 1.165) is 0 Å². The molecule has 0 unspecified atom stereocenters. The van der Waals surface area contributed by atoms with Gasteiger partial charge in [-0.15, -0.1) is 0 Å². The molecule has 23 heteroatoms. The zero-order valence-corrected chi connectivity index (χ0v) is 17.4. The van der Waals surface area contributed by atoms with E-state index < -0.39 is 41.6 Å². The van der Waals surface area contributed by atoms with Crippen LogP contribution in [0.2, 0.25) is 0 Å². The van der Waals surface area contributed by atoms with Crippen LogP contribution in [0.1, 0.15) is 0 Å². The Kier molecular flexibility index (Phi) is 36.0. The molecular weight excluding hydrogens is 478 g/mol. The summed E-state index contributed by atoms with van der Waals surface area (Å²) in [4.78, 5) is 0. The smallest absolute Gasteiger partial charge is 0.759 e. The largest absolute Gasteiger partial charge is 3.00 e. The summed E-state index contributed by atoms with van der Waals surface area (Å²) in [6.07, 6.45) is 0. The van der Waals surface area contributed by atoms with E-state index in [2.05, 4.69) is 0 Å². The van der Waals surface area contributed by atoms with Gasteiger partial charge < -0.3 is 18.2 Å². The second kappa shape index (κ2) is 18.7. The van der Waals surface area contributed by atoms with Crippen molar-refractivity contribution in [3.8, 4) is 0 Å². The summed E-state index contributed by atoms with van der Waals surface area (Å²) in [5.74, 6) is 0. The first-order valence-corrected chi connectivity index (χ1v) is 8.19. The van der Waals surface area contributed by atoms with Crippen LogP contribution in [0.5, 0.6) is 0 Å². The molecule has 0 aromatic rings. The van der Waals surface area contributed by atoms with Crippen molar-refractivity contribution in [1.29, 1.82) is 0 Å². The molecule has 4 N–H and O–H groups in total. The third kappa shape index (κ3) is 3280. The Bertz CT molecular complexity index is 485. The summed E-state index contributed by atoms with van der Waals surface area (Å²) in [6.45, 7) is 0. The van der Waals surface area contributed by atoms with Crippen LogP contribution in [0.15, 0.2) is 0 Å². The van der Waals surface area contributed by atoms with Gasteiger partial charge >= 0.3 is 89.5 Å². The first-order valence-electron chi connectivity index (χ1n) is 2.73. The molecule has 0 aliphatic heterocycles. The first kappa shape index (κ1) is 44.4. The first-order chi connectivity index (χ1) is 8.00. The quantitative estimate of drug-likeness (QED) is 0.140. The zero-order valence-electron chi connectivity index (χ0n) is 9.90. The van der Waals surface area contributed by atoms with Gasteiger partial charge in [0.05, 0.1) is 0 Å². The molecule has 0 saturated heterocycles. The predicted octanol–water partition coefficient (Wildman–Crippen LogP) is -8.81. The van der Waals surface area contributed by atoms with E-state index in [4.69, 9.17) is 70.1 Å². The molecule has 0 atom stereocenters. The van der Waals surface area contributed by atoms with E-state index in [-0.39, 0.29) is 79.7 Å². The van der Waals surface area contributed by atoms with Gasteiger partial charge in [0.2, 0.25) is 0 Å². The summed E-state index contributed by atoms with van der Waals surface area (Å²) in [7, 11) is -19.7. The Balaban J connectivity index is -0.0000000284. The normalized spacial score (nSPS) is 10.1. The van der Waals surface area contributed by atoms with Gasteiger partial charge in [-0.25, -0.2) is 0 Å². The van der Waals surface area contributed by atoms with E-state index in [9.17, 15) is 0 Å². The standard InChI is InChI=1S/Al.K.4H2O4S.H4Si/c;;4*1-5(2,3)4;/h;;4*(H2,1,2,3,4);1H4/q+3;+1;;;;;/p-4. The minimum absolute atomic E-state index is 0. The average molecular weight is 486 g/mol. The van der Waals surface area contributed by atoms with E-state index in [1.54, 1.807) is 0 Å². The SMILES string of the molecule is O=S(=O)(O)O.O=S(=O)(O)O.O=S(=O)([O-])[O-].O=S(=O)([O-])[O-].[Al+3].[K+].[SiH4]. The third-order valence-electron chi connectivity index (χ3n) is 0. The summed E-state index contributed by atoms with van der Waals surface area (Å²) in [5.41, 5.74) is 0. The van der Waals surface area contributed by atoms with Gasteiger partial charge in [-0.3, -0.25) is 35.0 Å². The van der Waals surface area contributed by atoms with Gasteiger partial charge in [-0.1, -0.05) is 0 Å². The van der Waals surface area contributed by atoms with Crippen LogP contribution in [0.3, 0.4) is 0 Å². The van der Waals surface area contributed by atoms with Crippen molar-refractivity contribution >= 4 is 69.9 Å². The van der Waals surface area contributed by atoms with E-state index in [1.807, 2.05) is 0 Å². The molecule has 0 aromatic heterocycles. The van der Waals surface area contributed by atoms with Crippen LogP contribution in [0.4, 0.5) is 0 Å². The van der Waals surface area contributed by atoms with Crippen LogP contribution < -0.4 is 51.4 Å². The maximum Gasteiger partial charge on any atom is 3.00 e. The van der Waals surface area contributed by atoms with Crippen molar-refractivity contribution in [3.05, 3.63) is 0 Å². The van der Waals surface area contributed by atoms with Crippen molar-refractivity contribution in [1.82, 2.24) is 0 Å². The molecule has 0 amide bonds. The molecule has 136 valence electrons. The maximum absolute atomic E-state index is 8.74. The Morgan fingerprint density at radius 2 is 0.522 bits per heavy atom. The van der Waals surface area contributed by atoms with Crippen LogP contribution >= 0.6 is 0 Å². The van der Waals surface area contributed by atoms with Crippen LogP contribution in [0, 0.1) is 0 Å². The predicted molar refractivity (Wildman–Crippen MR) is 66.4 cm³/mol. The third-order valence-corrected chi connectivity index (χ3v) is 0. The average Bonchev–Trinajstić information content (AvgIpc) is 1.62. The summed E-state index contributed by atoms with van der Waals surface area (Å²) in [6, 6.07) is 0. The number of hydrogen-bond donors (Lipinski definition) is 4. The van der Waals surface area contributed by atoms with Gasteiger partial charge in [0, 0.05) is 20.8 Å². The molecule has 0 heterocycles. The molecule has 0 spiro atoms. The number of rotatable bonds is 0. The summed E-state index contributed by atoms with van der Waals surface area (Å²) in [5, 5.41) is 0. The number of hydrogen-bond acceptors (Lipinski definition) is 12. The Labute approximate surface area is 188 Å². The molecule has 0 fully saturated rings. The Morgan fingerprint density at radius 1 is 0.522 bits per heavy atom. The van der Waals surface area contributed by atoms with Gasteiger partial charge in [-0.05, 0) is 11.0 Å². The monoisotopic (exact) mass is 486 g/mol. The zero-order chi connectivity index (χ0) is 18.0. The Hall–Kier alpha value is 1.87. The molecule has 23 heavy (non-hydrogen) atoms. The molecular formula is H8AlKO16S4Si. The molecule has 0 saturated carbocycles. The minimum Gasteiger partial charge on any atom is -0.759 e.